The van der Waals surface area contributed by atoms with Crippen LogP contribution in [0.4, 0.5) is 5.69 Å². The number of halogens is 1. The van der Waals surface area contributed by atoms with Gasteiger partial charge in [0, 0.05) is 16.3 Å². The van der Waals surface area contributed by atoms with E-state index < -0.39 is 0 Å². The third-order valence-corrected chi connectivity index (χ3v) is 4.08. The van der Waals surface area contributed by atoms with E-state index in [1.165, 1.54) is 0 Å². The quantitative estimate of drug-likeness (QED) is 0.674. The van der Waals surface area contributed by atoms with E-state index >= 15 is 0 Å². The maximum Gasteiger partial charge on any atom is 0.255 e. The van der Waals surface area contributed by atoms with Gasteiger partial charge in [-0.2, -0.15) is 5.10 Å². The van der Waals surface area contributed by atoms with Crippen LogP contribution in [0.15, 0.2) is 54.7 Å². The van der Waals surface area contributed by atoms with Crippen LogP contribution in [0.25, 0.3) is 11.3 Å². The molecule has 2 aromatic carbocycles. The molecule has 0 aliphatic carbocycles. The number of aromatic nitrogens is 2. The van der Waals surface area contributed by atoms with Crippen LogP contribution in [-0.2, 0) is 0 Å². The number of hydrogen-bond donors (Lipinski definition) is 3. The summed E-state index contributed by atoms with van der Waals surface area (Å²) in [6.07, 6.45) is 1.37. The van der Waals surface area contributed by atoms with Crippen LogP contribution >= 0.6 is 11.6 Å². The van der Waals surface area contributed by atoms with E-state index in [0.717, 1.165) is 22.5 Å². The van der Waals surface area contributed by atoms with Gasteiger partial charge in [-0.25, -0.2) is 0 Å². The van der Waals surface area contributed by atoms with Gasteiger partial charge < -0.3 is 10.6 Å². The van der Waals surface area contributed by atoms with Crippen LogP contribution < -0.4 is 10.6 Å². The number of amides is 1. The van der Waals surface area contributed by atoms with Gasteiger partial charge >= 0.3 is 0 Å². The number of H-pyrrole nitrogens is 1. The van der Waals surface area contributed by atoms with Crippen molar-refractivity contribution in [2.24, 2.45) is 0 Å². The highest BCUT2D eigenvalue weighted by molar-refractivity contribution is 6.31. The predicted molar refractivity (Wildman–Crippen MR) is 89.3 cm³/mol. The van der Waals surface area contributed by atoms with Crippen molar-refractivity contribution in [3.63, 3.8) is 0 Å². The Balaban J connectivity index is 1.73. The molecule has 23 heavy (non-hydrogen) atoms. The maximum absolute atomic E-state index is 12.4. The second-order valence-corrected chi connectivity index (χ2v) is 5.74. The molecule has 5 nitrogen and oxygen atoms in total. The number of hydrogen-bond acceptors (Lipinski definition) is 3. The van der Waals surface area contributed by atoms with Gasteiger partial charge in [-0.1, -0.05) is 41.9 Å². The highest BCUT2D eigenvalue weighted by Gasteiger charge is 2.27. The van der Waals surface area contributed by atoms with Crippen molar-refractivity contribution >= 4 is 23.2 Å². The Morgan fingerprint density at radius 2 is 1.87 bits per heavy atom. The average molecular weight is 325 g/mol. The highest BCUT2D eigenvalue weighted by atomic mass is 35.5. The van der Waals surface area contributed by atoms with Crippen molar-refractivity contribution in [1.29, 1.82) is 0 Å². The number of nitrogens with one attached hydrogen (secondary N) is 3. The zero-order valence-electron chi connectivity index (χ0n) is 12.0. The van der Waals surface area contributed by atoms with E-state index in [4.69, 9.17) is 11.6 Å². The number of anilines is 1. The summed E-state index contributed by atoms with van der Waals surface area (Å²) < 4.78 is 0. The monoisotopic (exact) mass is 324 g/mol. The summed E-state index contributed by atoms with van der Waals surface area (Å²) in [6, 6.07) is 15.1. The summed E-state index contributed by atoms with van der Waals surface area (Å²) in [7, 11) is 0. The van der Waals surface area contributed by atoms with E-state index in [1.54, 1.807) is 18.3 Å². The van der Waals surface area contributed by atoms with Gasteiger partial charge in [0.1, 0.15) is 6.17 Å². The van der Waals surface area contributed by atoms with E-state index in [2.05, 4.69) is 20.8 Å². The first-order chi connectivity index (χ1) is 11.2. The van der Waals surface area contributed by atoms with Gasteiger partial charge in [0.05, 0.1) is 17.5 Å². The van der Waals surface area contributed by atoms with Crippen LogP contribution in [0, 0.1) is 0 Å². The molecular formula is C17H13ClN4O. The minimum atomic E-state index is -0.356. The summed E-state index contributed by atoms with van der Waals surface area (Å²) in [6.45, 7) is 0. The van der Waals surface area contributed by atoms with Gasteiger partial charge in [0.2, 0.25) is 0 Å². The number of benzene rings is 2. The molecule has 1 amide bonds. The zero-order chi connectivity index (χ0) is 15.8. The van der Waals surface area contributed by atoms with Gasteiger partial charge in [-0.05, 0) is 23.8 Å². The Bertz CT molecular complexity index is 875. The highest BCUT2D eigenvalue weighted by Crippen LogP contribution is 2.32. The Morgan fingerprint density at radius 3 is 2.70 bits per heavy atom. The normalized spacial score (nSPS) is 16.4. The first-order valence-electron chi connectivity index (χ1n) is 7.18. The molecule has 0 bridgehead atoms. The lowest BCUT2D eigenvalue weighted by atomic mass is 10.0. The van der Waals surface area contributed by atoms with Gasteiger partial charge in [-0.3, -0.25) is 9.89 Å². The Morgan fingerprint density at radius 1 is 1.04 bits per heavy atom. The average Bonchev–Trinajstić information content (AvgIpc) is 3.06. The van der Waals surface area contributed by atoms with Crippen molar-refractivity contribution in [1.82, 2.24) is 15.5 Å². The molecule has 3 N–H and O–H groups in total. The van der Waals surface area contributed by atoms with Crippen LogP contribution in [0.2, 0.25) is 5.02 Å². The first-order valence-corrected chi connectivity index (χ1v) is 7.56. The van der Waals surface area contributed by atoms with Crippen molar-refractivity contribution in [2.75, 3.05) is 5.32 Å². The lowest BCUT2D eigenvalue weighted by molar-refractivity contribution is 0.0936. The SMILES string of the molecule is O=C1NC(c2cn[nH]c2-c2ccccc2)Nc2ccc(Cl)cc21. The molecule has 0 spiro atoms. The Hall–Kier alpha value is -2.79. The molecule has 0 saturated carbocycles. The lowest BCUT2D eigenvalue weighted by Crippen LogP contribution is -2.38. The largest absolute Gasteiger partial charge is 0.361 e. The van der Waals surface area contributed by atoms with Crippen LogP contribution in [0.5, 0.6) is 0 Å². The lowest BCUT2D eigenvalue weighted by Gasteiger charge is -2.28. The minimum Gasteiger partial charge on any atom is -0.361 e. The summed E-state index contributed by atoms with van der Waals surface area (Å²) >= 11 is 5.96. The molecule has 4 rings (SSSR count). The fourth-order valence-corrected chi connectivity index (χ4v) is 2.91. The van der Waals surface area contributed by atoms with Crippen LogP contribution in [0.1, 0.15) is 22.1 Å². The molecule has 1 aliphatic heterocycles. The fraction of sp³-hybridized carbons (Fsp3) is 0.0588. The van der Waals surface area contributed by atoms with Crippen molar-refractivity contribution in [3.8, 4) is 11.3 Å². The summed E-state index contributed by atoms with van der Waals surface area (Å²) in [4.78, 5) is 12.4. The molecular weight excluding hydrogens is 312 g/mol. The number of fused-ring (bicyclic) bond motifs is 1. The second-order valence-electron chi connectivity index (χ2n) is 5.31. The molecule has 2 heterocycles. The zero-order valence-corrected chi connectivity index (χ0v) is 12.8. The van der Waals surface area contributed by atoms with Gasteiger partial charge in [0.15, 0.2) is 0 Å². The van der Waals surface area contributed by atoms with Gasteiger partial charge in [0.25, 0.3) is 5.91 Å². The van der Waals surface area contributed by atoms with E-state index in [0.29, 0.717) is 10.6 Å². The summed E-state index contributed by atoms with van der Waals surface area (Å²) in [5.41, 5.74) is 4.06. The molecule has 1 unspecified atom stereocenters. The molecule has 1 aliphatic rings. The van der Waals surface area contributed by atoms with Crippen molar-refractivity contribution in [2.45, 2.75) is 6.17 Å². The van der Waals surface area contributed by atoms with E-state index in [-0.39, 0.29) is 12.1 Å². The standard InChI is InChI=1S/C17H13ClN4O/c18-11-6-7-14-12(8-11)17(23)21-16(20-14)13-9-19-22-15(13)10-4-2-1-3-5-10/h1-9,16,20H,(H,19,22)(H,21,23). The predicted octanol–water partition coefficient (Wildman–Crippen LogP) is 3.58. The fourth-order valence-electron chi connectivity index (χ4n) is 2.74. The number of aromatic amines is 1. The second kappa shape index (κ2) is 5.44. The third kappa shape index (κ3) is 2.45. The molecule has 0 fully saturated rings. The number of carbonyl (C=O) groups excluding carboxylic acids is 1. The van der Waals surface area contributed by atoms with E-state index in [1.807, 2.05) is 36.4 Å². The molecule has 0 saturated heterocycles. The number of nitrogens with zero attached hydrogens (tertiary/aromatic N) is 1. The minimum absolute atomic E-state index is 0.161. The Kier molecular flexibility index (Phi) is 3.28. The van der Waals surface area contributed by atoms with E-state index in [9.17, 15) is 4.79 Å². The first kappa shape index (κ1) is 13.8. The summed E-state index contributed by atoms with van der Waals surface area (Å²) in [5, 5.41) is 13.9. The smallest absolute Gasteiger partial charge is 0.255 e. The topological polar surface area (TPSA) is 69.8 Å². The molecule has 6 heteroatoms. The third-order valence-electron chi connectivity index (χ3n) is 3.84. The number of rotatable bonds is 2. The Labute approximate surface area is 137 Å². The molecule has 3 aromatic rings. The molecule has 1 aromatic heterocycles. The molecule has 1 atom stereocenters. The van der Waals surface area contributed by atoms with Crippen molar-refractivity contribution in [3.05, 3.63) is 70.9 Å². The molecule has 114 valence electrons. The molecule has 0 radical (unpaired) electrons. The number of carbonyl (C=O) groups is 1. The van der Waals surface area contributed by atoms with Gasteiger partial charge in [-0.15, -0.1) is 0 Å². The summed E-state index contributed by atoms with van der Waals surface area (Å²) in [5.74, 6) is -0.161. The van der Waals surface area contributed by atoms with Crippen LogP contribution in [0.3, 0.4) is 0 Å². The van der Waals surface area contributed by atoms with Crippen molar-refractivity contribution < 1.29 is 4.79 Å². The maximum atomic E-state index is 12.4. The van der Waals surface area contributed by atoms with Crippen LogP contribution in [-0.4, -0.2) is 16.1 Å².